The van der Waals surface area contributed by atoms with Gasteiger partial charge < -0.3 is 0 Å². The minimum Gasteiger partial charge on any atom is -0.0654 e. The molecule has 0 radical (unpaired) electrons. The first-order valence-electron chi connectivity index (χ1n) is 45.3. The van der Waals surface area contributed by atoms with Gasteiger partial charge in [-0.2, -0.15) is 0 Å². The molecule has 0 saturated heterocycles. The summed E-state index contributed by atoms with van der Waals surface area (Å²) in [6, 6.07) is 0. The van der Waals surface area contributed by atoms with Gasteiger partial charge in [0.15, 0.2) is 0 Å². The highest BCUT2D eigenvalue weighted by molar-refractivity contribution is 4.90. The zero-order valence-corrected chi connectivity index (χ0v) is 71.4. The smallest absolute Gasteiger partial charge is 0.0328 e. The van der Waals surface area contributed by atoms with Gasteiger partial charge in [0.1, 0.15) is 0 Å². The first-order valence-corrected chi connectivity index (χ1v) is 45.3. The van der Waals surface area contributed by atoms with Crippen LogP contribution in [0.5, 0.6) is 0 Å². The van der Waals surface area contributed by atoms with Crippen LogP contribution in [-0.2, 0) is 0 Å². The van der Waals surface area contributed by atoms with Crippen LogP contribution in [0.15, 0.2) is 0 Å². The molecule has 0 heteroatoms. The largest absolute Gasteiger partial charge is 0.0654 e. The summed E-state index contributed by atoms with van der Waals surface area (Å²) in [6.45, 7) is 54.5. The van der Waals surface area contributed by atoms with Gasteiger partial charge in [-0.25, -0.2) is 0 Å². The van der Waals surface area contributed by atoms with Crippen LogP contribution in [0.2, 0.25) is 0 Å². The topological polar surface area (TPSA) is 0 Å². The van der Waals surface area contributed by atoms with Gasteiger partial charge in [0.2, 0.25) is 0 Å². The summed E-state index contributed by atoms with van der Waals surface area (Å²) < 4.78 is 0. The Morgan fingerprint density at radius 1 is 0.312 bits per heavy atom. The maximum atomic E-state index is 2.44. The van der Waals surface area contributed by atoms with E-state index in [1.54, 1.807) is 51.4 Å². The van der Waals surface area contributed by atoms with E-state index in [1.807, 2.05) is 0 Å². The molecule has 96 heavy (non-hydrogen) atoms. The van der Waals surface area contributed by atoms with Crippen LogP contribution >= 0.6 is 0 Å². The van der Waals surface area contributed by atoms with E-state index < -0.39 is 0 Å². The lowest BCUT2D eigenvalue weighted by molar-refractivity contribution is 0.244. The van der Waals surface area contributed by atoms with Crippen molar-refractivity contribution < 1.29 is 0 Å². The van der Waals surface area contributed by atoms with Crippen molar-refractivity contribution in [2.24, 2.45) is 128 Å². The molecule has 14 aliphatic carbocycles. The molecule has 14 saturated carbocycles. The zero-order valence-electron chi connectivity index (χ0n) is 71.4. The van der Waals surface area contributed by atoms with Crippen LogP contribution in [0.4, 0.5) is 0 Å². The highest BCUT2D eigenvalue weighted by Crippen LogP contribution is 2.50. The normalized spacial score (nSPS) is 35.1. The third-order valence-electron chi connectivity index (χ3n) is 30.5. The van der Waals surface area contributed by atoms with Crippen molar-refractivity contribution in [1.82, 2.24) is 0 Å². The number of rotatable bonds is 5. The fourth-order valence-electron chi connectivity index (χ4n) is 21.1. The second-order valence-corrected chi connectivity index (χ2v) is 41.7. The molecule has 4 unspecified atom stereocenters. The summed E-state index contributed by atoms with van der Waals surface area (Å²) in [6.07, 6.45) is 75.6. The second kappa shape index (κ2) is 48.2. The summed E-state index contributed by atoms with van der Waals surface area (Å²) in [7, 11) is 0. The monoisotopic (exact) mass is 1340 g/mol. The SMILES string of the molecule is CC(C)C1CCCC1.CC1(C)CCCCC1.CC1C2CCC1CC2.CC1CCC(C)CC1.CC1CCCC[C@H]1C.CC1CCC[C@@H](C)C1.CCC1(C)CCCC1.CCC1(C)CCCC1.CCCC1CCCC1.C[C@H]1CC2CCC1C2.C[C@H]1CCC(C)(C)C1.C[C@H]1CCCC1(C)C. The Morgan fingerprint density at radius 2 is 0.750 bits per heavy atom. The summed E-state index contributed by atoms with van der Waals surface area (Å²) >= 11 is 0. The Hall–Kier alpha value is 0. The fraction of sp³-hybridized carbons (Fsp3) is 1.00. The van der Waals surface area contributed by atoms with Crippen LogP contribution in [0, 0.1) is 128 Å². The van der Waals surface area contributed by atoms with Crippen molar-refractivity contribution in [3.63, 3.8) is 0 Å². The van der Waals surface area contributed by atoms with Crippen LogP contribution in [-0.4, -0.2) is 0 Å². The van der Waals surface area contributed by atoms with Gasteiger partial charge in [-0.05, 0) is 237 Å². The highest BCUT2D eigenvalue weighted by Gasteiger charge is 2.39. The predicted molar refractivity (Wildman–Crippen MR) is 437 cm³/mol. The minimum atomic E-state index is 0.653. The molecule has 14 rings (SSSR count). The van der Waals surface area contributed by atoms with E-state index in [4.69, 9.17) is 0 Å². The van der Waals surface area contributed by atoms with Crippen molar-refractivity contribution in [1.29, 1.82) is 0 Å². The van der Waals surface area contributed by atoms with E-state index in [0.717, 1.165) is 111 Å². The predicted octanol–water partition coefficient (Wildman–Crippen LogP) is 33.8. The first-order chi connectivity index (χ1) is 45.3. The highest BCUT2D eigenvalue weighted by atomic mass is 14.4. The van der Waals surface area contributed by atoms with Gasteiger partial charge in [0, 0.05) is 0 Å². The fourth-order valence-corrected chi connectivity index (χ4v) is 21.1. The molecular weight excluding hydrogens is 1150 g/mol. The maximum absolute atomic E-state index is 2.44. The lowest BCUT2D eigenvalue weighted by Crippen LogP contribution is -2.14. The molecule has 0 aliphatic heterocycles. The number of fused-ring (bicyclic) bond motifs is 4. The van der Waals surface area contributed by atoms with E-state index in [2.05, 4.69) is 159 Å². The molecule has 0 aromatic carbocycles. The van der Waals surface area contributed by atoms with Crippen molar-refractivity contribution in [2.75, 3.05) is 0 Å². The van der Waals surface area contributed by atoms with Crippen LogP contribution in [0.25, 0.3) is 0 Å². The quantitative estimate of drug-likeness (QED) is 0.257. The summed E-state index contributed by atoms with van der Waals surface area (Å²) in [5, 5.41) is 0. The average Bonchev–Trinajstić information content (AvgIpc) is 1.72. The molecule has 0 amide bonds. The number of hydrogen-bond donors (Lipinski definition) is 0. The van der Waals surface area contributed by atoms with Crippen LogP contribution in [0.3, 0.4) is 0 Å². The minimum absolute atomic E-state index is 0.653. The number of hydrogen-bond acceptors (Lipinski definition) is 0. The molecule has 0 heterocycles. The van der Waals surface area contributed by atoms with Crippen molar-refractivity contribution in [3.05, 3.63) is 0 Å². The van der Waals surface area contributed by atoms with E-state index in [-0.39, 0.29) is 0 Å². The lowest BCUT2D eigenvalue weighted by atomic mass is 9.78. The van der Waals surface area contributed by atoms with Crippen molar-refractivity contribution >= 4 is 0 Å². The Bertz CT molecular complexity index is 1710. The van der Waals surface area contributed by atoms with E-state index in [9.17, 15) is 0 Å². The van der Waals surface area contributed by atoms with Crippen LogP contribution < -0.4 is 0 Å². The molecule has 9 atom stereocenters. The maximum Gasteiger partial charge on any atom is -0.0328 e. The van der Waals surface area contributed by atoms with Crippen molar-refractivity contribution in [2.45, 2.75) is 487 Å². The van der Waals surface area contributed by atoms with Gasteiger partial charge in [-0.15, -0.1) is 0 Å². The van der Waals surface area contributed by atoms with Gasteiger partial charge in [-0.1, -0.05) is 378 Å². The van der Waals surface area contributed by atoms with E-state index >= 15 is 0 Å². The van der Waals surface area contributed by atoms with Gasteiger partial charge in [0.25, 0.3) is 0 Å². The molecular formula is C96H188. The van der Waals surface area contributed by atoms with Crippen molar-refractivity contribution in [3.8, 4) is 0 Å². The molecule has 0 N–H and O–H groups in total. The second-order valence-electron chi connectivity index (χ2n) is 41.7. The summed E-state index contributed by atoms with van der Waals surface area (Å²) in [5.41, 5.74) is 3.47. The first kappa shape index (κ1) is 90.2. The Morgan fingerprint density at radius 3 is 0.969 bits per heavy atom. The van der Waals surface area contributed by atoms with E-state index in [1.165, 1.54) is 276 Å². The summed E-state index contributed by atoms with van der Waals surface area (Å²) in [4.78, 5) is 0. The van der Waals surface area contributed by atoms with Crippen LogP contribution in [0.1, 0.15) is 487 Å². The third-order valence-corrected chi connectivity index (χ3v) is 30.5. The molecule has 572 valence electrons. The lowest BCUT2D eigenvalue weighted by Gasteiger charge is -2.28. The van der Waals surface area contributed by atoms with E-state index in [0.29, 0.717) is 16.2 Å². The molecule has 0 aromatic heterocycles. The molecule has 4 bridgehead atoms. The zero-order chi connectivity index (χ0) is 71.4. The molecule has 0 nitrogen and oxygen atoms in total. The average molecular weight is 1340 g/mol. The molecule has 0 aromatic rings. The standard InChI is InChI=1S/2C8H14.10C8H16/c1-6-4-7-2-3-8(6)5-7;1-6-7-2-3-8(6)5-4-7;1-7-4-5-8(2,3)6-7;1-7-5-4-6-8(7,2)3;1-7-3-5-8(2)6-4-7;1-7-4-3-5-8(2)6-7;1-8(2)6-4-3-5-7-8;1-7-5-3-4-6-8(7)2;1-7(2)8-5-3-4-6-8;2*1-3-8(2)6-4-5-7-8;1-2-5-8-6-3-4-7-8/h2*6-8H,2-5H2,1H3;2*7H,4-6H2,1-3H3;2*7-8H,3-6H2,1-2H3;3-7H2,1-2H3;2*7-8H,3-6H2,1-2H3;2*3-7H2,1-2H3;8H,2-7H2,1H3/t6-,7?,8?;;2*7-;;7-,8?;;7-,8?;;;;/m0.00.1.1..../s1. The molecule has 14 aliphatic rings. The Balaban J connectivity index is 0.000000273. The van der Waals surface area contributed by atoms with Gasteiger partial charge in [-0.3, -0.25) is 0 Å². The Labute approximate surface area is 610 Å². The van der Waals surface area contributed by atoms with Gasteiger partial charge in [0.05, 0.1) is 0 Å². The molecule has 0 spiro atoms. The summed E-state index contributed by atoms with van der Waals surface area (Å²) in [5.74, 6) is 17.9. The van der Waals surface area contributed by atoms with Gasteiger partial charge >= 0.3 is 0 Å². The third kappa shape index (κ3) is 38.7. The molecule has 14 fully saturated rings. The Kier molecular flexibility index (Phi) is 45.3.